The van der Waals surface area contributed by atoms with Gasteiger partial charge >= 0.3 is 0 Å². The molecule has 0 fully saturated rings. The number of ketones is 1. The van der Waals surface area contributed by atoms with Gasteiger partial charge in [0.2, 0.25) is 17.7 Å². The third-order valence-corrected chi connectivity index (χ3v) is 4.51. The molecule has 0 aliphatic rings. The summed E-state index contributed by atoms with van der Waals surface area (Å²) < 4.78 is 0. The van der Waals surface area contributed by atoms with Crippen LogP contribution in [-0.2, 0) is 25.6 Å². The molecule has 0 aliphatic heterocycles. The van der Waals surface area contributed by atoms with Gasteiger partial charge in [-0.2, -0.15) is 0 Å². The molecule has 1 aromatic rings. The normalized spacial score (nSPS) is 12.5. The van der Waals surface area contributed by atoms with Crippen molar-refractivity contribution >= 4 is 23.5 Å². The number of carbonyl (C=O) groups excluding carboxylic acids is 4. The largest absolute Gasteiger partial charge is 0.347 e. The molecule has 0 heterocycles. The highest BCUT2D eigenvalue weighted by atomic mass is 16.2. The smallest absolute Gasteiger partial charge is 0.243 e. The van der Waals surface area contributed by atoms with Crippen LogP contribution < -0.4 is 21.3 Å². The summed E-state index contributed by atoms with van der Waals surface area (Å²) in [4.78, 5) is 48.4. The molecular formula is C21H40N4O4. The first-order valence-corrected chi connectivity index (χ1v) is 9.98. The summed E-state index contributed by atoms with van der Waals surface area (Å²) in [6.45, 7) is 6.06. The Morgan fingerprint density at radius 1 is 0.931 bits per heavy atom. The van der Waals surface area contributed by atoms with Crippen molar-refractivity contribution in [2.45, 2.75) is 39.7 Å². The first-order chi connectivity index (χ1) is 13.9. The van der Waals surface area contributed by atoms with Crippen LogP contribution >= 0.6 is 0 Å². The van der Waals surface area contributed by atoms with E-state index in [0.29, 0.717) is 13.0 Å². The third-order valence-electron chi connectivity index (χ3n) is 4.51. The van der Waals surface area contributed by atoms with Crippen LogP contribution in [0.2, 0.25) is 0 Å². The standard InChI is InChI=1S/C21H32N4O4.4H2/c1-4-15(3)18(26)12-24-21(29)17(11-16-9-7-6-8-10-16)25-20(28)14-23-19(27)13-22-5-2;;;;/h6-10,15,17,22H,4-5,11-14H2,1-3H3,(H,23,27)(H,24,29)(H,25,28);4*1H. The maximum atomic E-state index is 12.6. The Bertz CT molecular complexity index is 696. The van der Waals surface area contributed by atoms with Gasteiger partial charge in [0, 0.05) is 18.0 Å². The summed E-state index contributed by atoms with van der Waals surface area (Å²) in [7, 11) is 0. The minimum absolute atomic E-state index is 0. The van der Waals surface area contributed by atoms with Gasteiger partial charge in [-0.1, -0.05) is 51.1 Å². The molecule has 4 N–H and O–H groups in total. The average Bonchev–Trinajstić information content (AvgIpc) is 2.73. The molecule has 1 aromatic carbocycles. The average molecular weight is 413 g/mol. The SMILES string of the molecule is CCNCC(=O)NCC(=O)NC(Cc1ccccc1)C(=O)NCC(=O)C(C)CC.[HH].[HH].[HH].[HH]. The van der Waals surface area contributed by atoms with Gasteiger partial charge in [-0.05, 0) is 18.5 Å². The summed E-state index contributed by atoms with van der Waals surface area (Å²) in [5, 5.41) is 10.6. The summed E-state index contributed by atoms with van der Waals surface area (Å²) in [5.74, 6) is -1.40. The van der Waals surface area contributed by atoms with Gasteiger partial charge in [-0.15, -0.1) is 0 Å². The molecule has 0 radical (unpaired) electrons. The Hall–Kier alpha value is -2.74. The highest BCUT2D eigenvalue weighted by molar-refractivity contribution is 5.93. The van der Waals surface area contributed by atoms with Crippen LogP contribution in [0.3, 0.4) is 0 Å². The first kappa shape index (κ1) is 24.3. The van der Waals surface area contributed by atoms with E-state index in [1.807, 2.05) is 51.1 Å². The van der Waals surface area contributed by atoms with Crippen LogP contribution in [-0.4, -0.2) is 55.7 Å². The van der Waals surface area contributed by atoms with Crippen molar-refractivity contribution in [3.8, 4) is 0 Å². The topological polar surface area (TPSA) is 116 Å². The van der Waals surface area contributed by atoms with Gasteiger partial charge in [-0.3, -0.25) is 19.2 Å². The van der Waals surface area contributed by atoms with E-state index in [1.54, 1.807) is 0 Å². The van der Waals surface area contributed by atoms with Crippen molar-refractivity contribution in [1.82, 2.24) is 21.3 Å². The maximum Gasteiger partial charge on any atom is 0.243 e. The number of carbonyl (C=O) groups is 4. The molecule has 2 unspecified atom stereocenters. The van der Waals surface area contributed by atoms with E-state index < -0.39 is 17.9 Å². The van der Waals surface area contributed by atoms with Crippen LogP contribution in [0.1, 0.15) is 38.5 Å². The molecule has 0 aromatic heterocycles. The van der Waals surface area contributed by atoms with Crippen molar-refractivity contribution in [3.63, 3.8) is 0 Å². The molecule has 2 atom stereocenters. The molecule has 1 rings (SSSR count). The molecule has 168 valence electrons. The molecule has 8 heteroatoms. The van der Waals surface area contributed by atoms with Gasteiger partial charge < -0.3 is 21.3 Å². The lowest BCUT2D eigenvalue weighted by atomic mass is 10.0. The Balaban J connectivity index is -0.00000105. The van der Waals surface area contributed by atoms with E-state index >= 15 is 0 Å². The number of Topliss-reactive ketones (excluding diaryl/α,β-unsaturated/α-hetero) is 1. The van der Waals surface area contributed by atoms with Crippen molar-refractivity contribution < 1.29 is 24.9 Å². The molecule has 0 aliphatic carbocycles. The molecular weight excluding hydrogens is 372 g/mol. The lowest BCUT2D eigenvalue weighted by molar-refractivity contribution is -0.131. The molecule has 3 amide bonds. The number of nitrogens with one attached hydrogen (secondary N) is 4. The fourth-order valence-electron chi connectivity index (χ4n) is 2.48. The summed E-state index contributed by atoms with van der Waals surface area (Å²) >= 11 is 0. The highest BCUT2D eigenvalue weighted by Crippen LogP contribution is 2.05. The van der Waals surface area contributed by atoms with Gasteiger partial charge in [0.15, 0.2) is 5.78 Å². The van der Waals surface area contributed by atoms with Crippen LogP contribution in [0.15, 0.2) is 30.3 Å². The summed E-state index contributed by atoms with van der Waals surface area (Å²) in [5.41, 5.74) is 0.873. The monoisotopic (exact) mass is 412 g/mol. The zero-order valence-corrected chi connectivity index (χ0v) is 17.4. The Morgan fingerprint density at radius 3 is 2.24 bits per heavy atom. The van der Waals surface area contributed by atoms with E-state index in [2.05, 4.69) is 21.3 Å². The number of benzene rings is 1. The van der Waals surface area contributed by atoms with Crippen LogP contribution in [0.25, 0.3) is 0 Å². The third kappa shape index (κ3) is 9.84. The van der Waals surface area contributed by atoms with Crippen molar-refractivity contribution in [2.75, 3.05) is 26.2 Å². The second-order valence-electron chi connectivity index (χ2n) is 6.86. The minimum atomic E-state index is -0.847. The Labute approximate surface area is 178 Å². The number of rotatable bonds is 13. The van der Waals surface area contributed by atoms with Crippen LogP contribution in [0.4, 0.5) is 0 Å². The maximum absolute atomic E-state index is 12.6. The quantitative estimate of drug-likeness (QED) is 0.388. The fraction of sp³-hybridized carbons (Fsp3) is 0.524. The predicted molar refractivity (Wildman–Crippen MR) is 120 cm³/mol. The van der Waals surface area contributed by atoms with E-state index in [1.165, 1.54) is 0 Å². The minimum Gasteiger partial charge on any atom is -0.347 e. The number of hydrogen-bond donors (Lipinski definition) is 4. The predicted octanol–water partition coefficient (Wildman–Crippen LogP) is 1.16. The second kappa shape index (κ2) is 13.4. The van der Waals surface area contributed by atoms with E-state index in [4.69, 9.17) is 0 Å². The lowest BCUT2D eigenvalue weighted by Gasteiger charge is -2.19. The van der Waals surface area contributed by atoms with Crippen LogP contribution in [0.5, 0.6) is 0 Å². The van der Waals surface area contributed by atoms with E-state index in [0.717, 1.165) is 5.56 Å². The number of likely N-dealkylation sites (N-methyl/N-ethyl adjacent to an activating group) is 1. The number of amides is 3. The van der Waals surface area contributed by atoms with Crippen molar-refractivity contribution in [2.24, 2.45) is 5.92 Å². The first-order valence-electron chi connectivity index (χ1n) is 9.98. The van der Waals surface area contributed by atoms with Gasteiger partial charge in [0.05, 0.1) is 19.6 Å². The summed E-state index contributed by atoms with van der Waals surface area (Å²) in [6, 6.07) is 8.42. The highest BCUT2D eigenvalue weighted by Gasteiger charge is 2.22. The van der Waals surface area contributed by atoms with Crippen LogP contribution in [0, 0.1) is 5.92 Å². The van der Waals surface area contributed by atoms with Gasteiger partial charge in [0.25, 0.3) is 0 Å². The summed E-state index contributed by atoms with van der Waals surface area (Å²) in [6.07, 6.45) is 0.979. The van der Waals surface area contributed by atoms with Crippen molar-refractivity contribution in [1.29, 1.82) is 0 Å². The molecule has 0 saturated carbocycles. The second-order valence-corrected chi connectivity index (χ2v) is 6.86. The molecule has 29 heavy (non-hydrogen) atoms. The van der Waals surface area contributed by atoms with Crippen molar-refractivity contribution in [3.05, 3.63) is 35.9 Å². The van der Waals surface area contributed by atoms with Gasteiger partial charge in [-0.25, -0.2) is 0 Å². The number of hydrogen-bond acceptors (Lipinski definition) is 5. The Morgan fingerprint density at radius 2 is 1.62 bits per heavy atom. The molecule has 8 nitrogen and oxygen atoms in total. The molecule has 0 saturated heterocycles. The zero-order valence-electron chi connectivity index (χ0n) is 17.4. The molecule has 0 bridgehead atoms. The van der Waals surface area contributed by atoms with Gasteiger partial charge in [0.1, 0.15) is 6.04 Å². The Kier molecular flexibility index (Phi) is 11.3. The zero-order chi connectivity index (χ0) is 21.6. The van der Waals surface area contributed by atoms with E-state index in [9.17, 15) is 19.2 Å². The fourth-order valence-corrected chi connectivity index (χ4v) is 2.48. The lowest BCUT2D eigenvalue weighted by Crippen LogP contribution is -2.51. The molecule has 0 spiro atoms. The van der Waals surface area contributed by atoms with E-state index in [-0.39, 0.29) is 49.4 Å².